The number of hydrogen-bond acceptors (Lipinski definition) is 4. The molecule has 16 heavy (non-hydrogen) atoms. The van der Waals surface area contributed by atoms with Crippen LogP contribution < -0.4 is 10.6 Å². The molecule has 0 atom stereocenters. The van der Waals surface area contributed by atoms with E-state index >= 15 is 0 Å². The molecule has 3 N–H and O–H groups in total. The van der Waals surface area contributed by atoms with E-state index in [2.05, 4.69) is 15.7 Å². The second-order valence-corrected chi connectivity index (χ2v) is 3.44. The SMILES string of the molecule is CCn1nc(C)cc1NC(=O)CNCCO. The predicted octanol–water partition coefficient (Wildman–Crippen LogP) is -0.268. The molecule has 6 nitrogen and oxygen atoms in total. The van der Waals surface area contributed by atoms with Crippen molar-refractivity contribution < 1.29 is 9.90 Å². The summed E-state index contributed by atoms with van der Waals surface area (Å²) in [6.07, 6.45) is 0. The summed E-state index contributed by atoms with van der Waals surface area (Å²) in [5.41, 5.74) is 0.875. The number of aryl methyl sites for hydroxylation is 2. The Kier molecular flexibility index (Phi) is 4.94. The molecule has 0 fully saturated rings. The minimum atomic E-state index is -0.136. The van der Waals surface area contributed by atoms with E-state index < -0.39 is 0 Å². The lowest BCUT2D eigenvalue weighted by Gasteiger charge is -2.07. The standard InChI is InChI=1S/C10H18N4O2/c1-3-14-9(6-8(2)13-14)12-10(16)7-11-4-5-15/h6,11,15H,3-5,7H2,1-2H3,(H,12,16). The van der Waals surface area contributed by atoms with E-state index in [9.17, 15) is 4.79 Å². The molecule has 0 aromatic carbocycles. The maximum atomic E-state index is 11.5. The van der Waals surface area contributed by atoms with Crippen LogP contribution in [-0.4, -0.2) is 40.5 Å². The molecule has 0 saturated carbocycles. The van der Waals surface area contributed by atoms with Crippen LogP contribution in [0.1, 0.15) is 12.6 Å². The zero-order valence-corrected chi connectivity index (χ0v) is 9.66. The molecule has 0 saturated heterocycles. The molecule has 1 aromatic heterocycles. The monoisotopic (exact) mass is 226 g/mol. The zero-order chi connectivity index (χ0) is 12.0. The van der Waals surface area contributed by atoms with Gasteiger partial charge in [0.1, 0.15) is 5.82 Å². The zero-order valence-electron chi connectivity index (χ0n) is 9.66. The van der Waals surface area contributed by atoms with Crippen molar-refractivity contribution in [3.8, 4) is 0 Å². The molecule has 0 radical (unpaired) electrons. The average Bonchev–Trinajstić information content (AvgIpc) is 2.59. The minimum absolute atomic E-state index is 0.0271. The smallest absolute Gasteiger partial charge is 0.239 e. The number of hydrogen-bond donors (Lipinski definition) is 3. The van der Waals surface area contributed by atoms with E-state index in [1.54, 1.807) is 4.68 Å². The van der Waals surface area contributed by atoms with E-state index in [0.717, 1.165) is 5.69 Å². The molecule has 1 rings (SSSR count). The van der Waals surface area contributed by atoms with Crippen LogP contribution in [0, 0.1) is 6.92 Å². The molecule has 0 aliphatic carbocycles. The third-order valence-corrected chi connectivity index (χ3v) is 2.04. The number of anilines is 1. The minimum Gasteiger partial charge on any atom is -0.395 e. The Labute approximate surface area is 94.6 Å². The highest BCUT2D eigenvalue weighted by Crippen LogP contribution is 2.09. The topological polar surface area (TPSA) is 79.2 Å². The Morgan fingerprint density at radius 3 is 3.00 bits per heavy atom. The summed E-state index contributed by atoms with van der Waals surface area (Å²) in [6.45, 7) is 5.19. The first-order valence-electron chi connectivity index (χ1n) is 5.33. The lowest BCUT2D eigenvalue weighted by molar-refractivity contribution is -0.115. The normalized spacial score (nSPS) is 10.4. The van der Waals surface area contributed by atoms with Crippen LogP contribution >= 0.6 is 0 Å². The summed E-state index contributed by atoms with van der Waals surface area (Å²) in [4.78, 5) is 11.5. The average molecular weight is 226 g/mol. The van der Waals surface area contributed by atoms with Crippen molar-refractivity contribution in [2.75, 3.05) is 25.0 Å². The van der Waals surface area contributed by atoms with Gasteiger partial charge in [-0.25, -0.2) is 4.68 Å². The number of amides is 1. The molecule has 90 valence electrons. The fourth-order valence-electron chi connectivity index (χ4n) is 1.36. The maximum absolute atomic E-state index is 11.5. The van der Waals surface area contributed by atoms with Gasteiger partial charge in [0.25, 0.3) is 0 Å². The van der Waals surface area contributed by atoms with Crippen LogP contribution in [0.15, 0.2) is 6.07 Å². The summed E-state index contributed by atoms with van der Waals surface area (Å²) in [5.74, 6) is 0.568. The van der Waals surface area contributed by atoms with Crippen molar-refractivity contribution in [2.45, 2.75) is 20.4 Å². The van der Waals surface area contributed by atoms with Gasteiger partial charge in [0.2, 0.25) is 5.91 Å². The van der Waals surface area contributed by atoms with E-state index in [1.165, 1.54) is 0 Å². The number of aliphatic hydroxyl groups excluding tert-OH is 1. The van der Waals surface area contributed by atoms with Crippen LogP contribution in [0.3, 0.4) is 0 Å². The van der Waals surface area contributed by atoms with Gasteiger partial charge in [-0.05, 0) is 13.8 Å². The third kappa shape index (κ3) is 3.63. The van der Waals surface area contributed by atoms with Gasteiger partial charge in [-0.1, -0.05) is 0 Å². The number of carbonyl (C=O) groups excluding carboxylic acids is 1. The second kappa shape index (κ2) is 6.24. The molecule has 1 aromatic rings. The molecule has 6 heteroatoms. The number of carbonyl (C=O) groups is 1. The fourth-order valence-corrected chi connectivity index (χ4v) is 1.36. The molecule has 0 unspecified atom stereocenters. The van der Waals surface area contributed by atoms with Crippen molar-refractivity contribution in [3.63, 3.8) is 0 Å². The van der Waals surface area contributed by atoms with Gasteiger partial charge in [0.15, 0.2) is 0 Å². The van der Waals surface area contributed by atoms with Crippen LogP contribution in [0.25, 0.3) is 0 Å². The molecular formula is C10H18N4O2. The largest absolute Gasteiger partial charge is 0.395 e. The van der Waals surface area contributed by atoms with Gasteiger partial charge in [-0.2, -0.15) is 5.10 Å². The Bertz CT molecular complexity index is 349. The van der Waals surface area contributed by atoms with Gasteiger partial charge >= 0.3 is 0 Å². The summed E-state index contributed by atoms with van der Waals surface area (Å²) in [7, 11) is 0. The lowest BCUT2D eigenvalue weighted by atomic mass is 10.4. The lowest BCUT2D eigenvalue weighted by Crippen LogP contribution is -2.30. The van der Waals surface area contributed by atoms with Gasteiger partial charge in [0, 0.05) is 19.2 Å². The number of aliphatic hydroxyl groups is 1. The Morgan fingerprint density at radius 2 is 2.38 bits per heavy atom. The van der Waals surface area contributed by atoms with E-state index in [0.29, 0.717) is 18.9 Å². The molecule has 0 bridgehead atoms. The first kappa shape index (κ1) is 12.7. The predicted molar refractivity (Wildman–Crippen MR) is 61.2 cm³/mol. The fraction of sp³-hybridized carbons (Fsp3) is 0.600. The summed E-state index contributed by atoms with van der Waals surface area (Å²) >= 11 is 0. The Balaban J connectivity index is 2.48. The summed E-state index contributed by atoms with van der Waals surface area (Å²) in [6, 6.07) is 1.83. The molecule has 0 aliphatic heterocycles. The Hall–Kier alpha value is -1.40. The number of rotatable bonds is 6. The van der Waals surface area contributed by atoms with Crippen molar-refractivity contribution in [3.05, 3.63) is 11.8 Å². The van der Waals surface area contributed by atoms with Gasteiger partial charge in [0.05, 0.1) is 18.8 Å². The molecule has 1 amide bonds. The molecule has 1 heterocycles. The van der Waals surface area contributed by atoms with E-state index in [-0.39, 0.29) is 19.1 Å². The van der Waals surface area contributed by atoms with Crippen LogP contribution in [0.5, 0.6) is 0 Å². The van der Waals surface area contributed by atoms with Crippen molar-refractivity contribution >= 4 is 11.7 Å². The van der Waals surface area contributed by atoms with Crippen molar-refractivity contribution in [2.24, 2.45) is 0 Å². The quantitative estimate of drug-likeness (QED) is 0.583. The third-order valence-electron chi connectivity index (χ3n) is 2.04. The second-order valence-electron chi connectivity index (χ2n) is 3.44. The van der Waals surface area contributed by atoms with Gasteiger partial charge < -0.3 is 15.7 Å². The first-order valence-corrected chi connectivity index (χ1v) is 5.33. The highest BCUT2D eigenvalue weighted by molar-refractivity contribution is 5.91. The van der Waals surface area contributed by atoms with Gasteiger partial charge in [-0.15, -0.1) is 0 Å². The van der Waals surface area contributed by atoms with Gasteiger partial charge in [-0.3, -0.25) is 4.79 Å². The van der Waals surface area contributed by atoms with E-state index in [4.69, 9.17) is 5.11 Å². The van der Waals surface area contributed by atoms with Crippen molar-refractivity contribution in [1.82, 2.24) is 15.1 Å². The van der Waals surface area contributed by atoms with E-state index in [1.807, 2.05) is 19.9 Å². The summed E-state index contributed by atoms with van der Waals surface area (Å²) < 4.78 is 1.74. The Morgan fingerprint density at radius 1 is 1.62 bits per heavy atom. The summed E-state index contributed by atoms with van der Waals surface area (Å²) in [5, 5.41) is 18.3. The van der Waals surface area contributed by atoms with Crippen molar-refractivity contribution in [1.29, 1.82) is 0 Å². The highest BCUT2D eigenvalue weighted by atomic mass is 16.3. The van der Waals surface area contributed by atoms with Crippen LogP contribution in [-0.2, 0) is 11.3 Å². The highest BCUT2D eigenvalue weighted by Gasteiger charge is 2.07. The maximum Gasteiger partial charge on any atom is 0.239 e. The van der Waals surface area contributed by atoms with Crippen LogP contribution in [0.4, 0.5) is 5.82 Å². The van der Waals surface area contributed by atoms with Crippen LogP contribution in [0.2, 0.25) is 0 Å². The number of nitrogens with one attached hydrogen (secondary N) is 2. The molecule has 0 spiro atoms. The number of aromatic nitrogens is 2. The molecular weight excluding hydrogens is 208 g/mol. The number of nitrogens with zero attached hydrogens (tertiary/aromatic N) is 2. The first-order chi connectivity index (χ1) is 7.67. The molecule has 0 aliphatic rings.